The first-order valence-electron chi connectivity index (χ1n) is 9.11. The Labute approximate surface area is 165 Å². The fraction of sp³-hybridized carbons (Fsp3) is 0.286. The summed E-state index contributed by atoms with van der Waals surface area (Å²) in [5.41, 5.74) is 0.338. The van der Waals surface area contributed by atoms with Crippen molar-refractivity contribution in [2.45, 2.75) is 19.6 Å². The topological polar surface area (TPSA) is 99.2 Å². The molecule has 0 radical (unpaired) electrons. The van der Waals surface area contributed by atoms with Gasteiger partial charge in [0.1, 0.15) is 23.7 Å². The summed E-state index contributed by atoms with van der Waals surface area (Å²) in [6, 6.07) is 9.90. The molecule has 1 fully saturated rings. The zero-order chi connectivity index (χ0) is 20.4. The first kappa shape index (κ1) is 18.8. The van der Waals surface area contributed by atoms with E-state index in [-0.39, 0.29) is 25.5 Å². The molecule has 0 N–H and O–H groups in total. The van der Waals surface area contributed by atoms with Crippen LogP contribution in [0.4, 0.5) is 0 Å². The van der Waals surface area contributed by atoms with Crippen LogP contribution in [0.2, 0.25) is 0 Å². The molecule has 0 bridgehead atoms. The summed E-state index contributed by atoms with van der Waals surface area (Å²) < 4.78 is 21.0. The number of hydrogen-bond donors (Lipinski definition) is 0. The van der Waals surface area contributed by atoms with Crippen LogP contribution in [-0.2, 0) is 27.5 Å². The van der Waals surface area contributed by atoms with Gasteiger partial charge in [-0.05, 0) is 24.3 Å². The molecule has 0 unspecified atom stereocenters. The lowest BCUT2D eigenvalue weighted by Crippen LogP contribution is -2.26. The summed E-state index contributed by atoms with van der Waals surface area (Å²) >= 11 is 0. The number of likely N-dealkylation sites (tertiary alicyclic amines) is 1. The number of esters is 1. The minimum absolute atomic E-state index is 0.0872. The van der Waals surface area contributed by atoms with Crippen molar-refractivity contribution in [2.24, 2.45) is 5.92 Å². The molecule has 1 aromatic carbocycles. The summed E-state index contributed by atoms with van der Waals surface area (Å²) in [6.45, 7) is 0.505. The number of ether oxygens (including phenoxy) is 2. The summed E-state index contributed by atoms with van der Waals surface area (Å²) in [6.07, 6.45) is 1.63. The van der Waals surface area contributed by atoms with Crippen molar-refractivity contribution < 1.29 is 27.9 Å². The summed E-state index contributed by atoms with van der Waals surface area (Å²) in [7, 11) is 1.52. The van der Waals surface area contributed by atoms with Crippen molar-refractivity contribution in [1.29, 1.82) is 0 Å². The second kappa shape index (κ2) is 7.83. The number of hydrogen-bond acceptors (Lipinski definition) is 7. The molecule has 8 nitrogen and oxygen atoms in total. The third-order valence-electron chi connectivity index (χ3n) is 4.88. The smallest absolute Gasteiger partial charge is 0.336 e. The van der Waals surface area contributed by atoms with Crippen LogP contribution in [0.15, 0.2) is 56.3 Å². The van der Waals surface area contributed by atoms with Crippen LogP contribution in [0.5, 0.6) is 5.75 Å². The Bertz CT molecular complexity index is 1100. The van der Waals surface area contributed by atoms with E-state index in [1.807, 2.05) is 0 Å². The van der Waals surface area contributed by atoms with Gasteiger partial charge >= 0.3 is 11.6 Å². The first-order chi connectivity index (χ1) is 14.0. The maximum absolute atomic E-state index is 12.5. The fourth-order valence-corrected chi connectivity index (χ4v) is 3.40. The number of amides is 1. The highest BCUT2D eigenvalue weighted by molar-refractivity contribution is 5.87. The van der Waals surface area contributed by atoms with E-state index in [4.69, 9.17) is 18.3 Å². The average molecular weight is 397 g/mol. The highest BCUT2D eigenvalue weighted by Crippen LogP contribution is 2.25. The Kier molecular flexibility index (Phi) is 5.07. The molecule has 1 aliphatic heterocycles. The monoisotopic (exact) mass is 397 g/mol. The molecule has 1 aliphatic rings. The molecule has 4 rings (SSSR count). The number of benzene rings is 1. The Morgan fingerprint density at radius 3 is 2.86 bits per heavy atom. The molecule has 1 saturated heterocycles. The van der Waals surface area contributed by atoms with Crippen molar-refractivity contribution in [3.8, 4) is 5.75 Å². The maximum Gasteiger partial charge on any atom is 0.336 e. The minimum Gasteiger partial charge on any atom is -0.497 e. The van der Waals surface area contributed by atoms with E-state index in [0.29, 0.717) is 34.6 Å². The molecule has 1 atom stereocenters. The van der Waals surface area contributed by atoms with E-state index in [1.165, 1.54) is 19.4 Å². The molecule has 8 heteroatoms. The van der Waals surface area contributed by atoms with Gasteiger partial charge in [0.05, 0.1) is 25.8 Å². The van der Waals surface area contributed by atoms with Gasteiger partial charge in [-0.2, -0.15) is 0 Å². The van der Waals surface area contributed by atoms with Crippen molar-refractivity contribution >= 4 is 22.8 Å². The van der Waals surface area contributed by atoms with Crippen LogP contribution in [0.1, 0.15) is 17.7 Å². The average Bonchev–Trinajstić information content (AvgIpc) is 3.35. The lowest BCUT2D eigenvalue weighted by Gasteiger charge is -2.15. The predicted molar refractivity (Wildman–Crippen MR) is 101 cm³/mol. The summed E-state index contributed by atoms with van der Waals surface area (Å²) in [5, 5.41) is 0.653. The number of furan rings is 1. The number of fused-ring (bicyclic) bond motifs is 1. The van der Waals surface area contributed by atoms with Crippen LogP contribution in [0.3, 0.4) is 0 Å². The van der Waals surface area contributed by atoms with Gasteiger partial charge in [0.25, 0.3) is 0 Å². The fourth-order valence-electron chi connectivity index (χ4n) is 3.40. The van der Waals surface area contributed by atoms with Crippen molar-refractivity contribution in [1.82, 2.24) is 4.90 Å². The number of carbonyl (C=O) groups excluding carboxylic acids is 2. The maximum atomic E-state index is 12.5. The summed E-state index contributed by atoms with van der Waals surface area (Å²) in [5.74, 6) is 0.0570. The molecular weight excluding hydrogens is 378 g/mol. The van der Waals surface area contributed by atoms with E-state index in [1.54, 1.807) is 35.2 Å². The number of rotatable bonds is 6. The van der Waals surface area contributed by atoms with Gasteiger partial charge in [-0.15, -0.1) is 0 Å². The Morgan fingerprint density at radius 1 is 1.24 bits per heavy atom. The third-order valence-corrected chi connectivity index (χ3v) is 4.88. The zero-order valence-corrected chi connectivity index (χ0v) is 15.8. The quantitative estimate of drug-likeness (QED) is 0.465. The van der Waals surface area contributed by atoms with Crippen molar-refractivity contribution in [3.05, 3.63) is 64.4 Å². The van der Waals surface area contributed by atoms with Crippen molar-refractivity contribution in [2.75, 3.05) is 13.7 Å². The first-order valence-corrected chi connectivity index (χ1v) is 9.11. The van der Waals surface area contributed by atoms with E-state index in [0.717, 1.165) is 0 Å². The Hall–Kier alpha value is -3.55. The van der Waals surface area contributed by atoms with E-state index >= 15 is 0 Å². The second-order valence-electron chi connectivity index (χ2n) is 6.82. The normalized spacial score (nSPS) is 16.4. The number of carbonyl (C=O) groups is 2. The lowest BCUT2D eigenvalue weighted by atomic mass is 10.1. The molecule has 3 aromatic rings. The predicted octanol–water partition coefficient (Wildman–Crippen LogP) is 2.49. The van der Waals surface area contributed by atoms with Gasteiger partial charge < -0.3 is 23.2 Å². The molecule has 150 valence electrons. The Balaban J connectivity index is 1.43. The molecular formula is C21H19NO7. The highest BCUT2D eigenvalue weighted by atomic mass is 16.5. The molecule has 1 amide bonds. The largest absolute Gasteiger partial charge is 0.497 e. The number of methoxy groups -OCH3 is 1. The number of nitrogens with zero attached hydrogens (tertiary/aromatic N) is 1. The van der Waals surface area contributed by atoms with Gasteiger partial charge in [0.15, 0.2) is 0 Å². The lowest BCUT2D eigenvalue weighted by molar-refractivity contribution is -0.149. The van der Waals surface area contributed by atoms with Crippen LogP contribution < -0.4 is 10.4 Å². The van der Waals surface area contributed by atoms with E-state index < -0.39 is 17.5 Å². The van der Waals surface area contributed by atoms with E-state index in [2.05, 4.69) is 0 Å². The van der Waals surface area contributed by atoms with Gasteiger partial charge in [-0.1, -0.05) is 0 Å². The van der Waals surface area contributed by atoms with Crippen LogP contribution in [0, 0.1) is 5.92 Å². The van der Waals surface area contributed by atoms with E-state index in [9.17, 15) is 14.4 Å². The van der Waals surface area contributed by atoms with Crippen LogP contribution in [0.25, 0.3) is 11.0 Å². The Morgan fingerprint density at radius 2 is 2.10 bits per heavy atom. The molecule has 0 saturated carbocycles. The van der Waals surface area contributed by atoms with Crippen LogP contribution >= 0.6 is 0 Å². The SMILES string of the molecule is COc1ccc2c(COC(=O)[C@@H]3CC(=O)N(Cc4ccco4)C3)cc(=O)oc2c1. The van der Waals surface area contributed by atoms with Crippen molar-refractivity contribution in [3.63, 3.8) is 0 Å². The molecule has 29 heavy (non-hydrogen) atoms. The van der Waals surface area contributed by atoms with Gasteiger partial charge in [0.2, 0.25) is 5.91 Å². The second-order valence-corrected chi connectivity index (χ2v) is 6.82. The minimum atomic E-state index is -0.552. The standard InChI is InChI=1S/C21H19NO7/c1-26-15-4-5-17-14(8-20(24)29-18(17)9-15)12-28-21(25)13-7-19(23)22(10-13)11-16-3-2-6-27-16/h2-6,8-9,13H,7,10-12H2,1H3/t13-/m1/s1. The van der Waals surface area contributed by atoms with Gasteiger partial charge in [-0.3, -0.25) is 9.59 Å². The van der Waals surface area contributed by atoms with Crippen LogP contribution in [-0.4, -0.2) is 30.4 Å². The summed E-state index contributed by atoms with van der Waals surface area (Å²) in [4.78, 5) is 38.1. The van der Waals surface area contributed by atoms with Gasteiger partial charge in [-0.25, -0.2) is 4.79 Å². The zero-order valence-electron chi connectivity index (χ0n) is 15.8. The third kappa shape index (κ3) is 4.01. The highest BCUT2D eigenvalue weighted by Gasteiger charge is 2.35. The molecule has 3 heterocycles. The molecule has 0 spiro atoms. The molecule has 2 aromatic heterocycles. The molecule has 0 aliphatic carbocycles. The van der Waals surface area contributed by atoms with Gasteiger partial charge in [0, 0.05) is 36.0 Å².